The molecule has 0 aromatic heterocycles. The quantitative estimate of drug-likeness (QED) is 0.786. The third kappa shape index (κ3) is 2.71. The van der Waals surface area contributed by atoms with Crippen LogP contribution in [0.1, 0.15) is 26.2 Å². The predicted molar refractivity (Wildman–Crippen MR) is 71.3 cm³/mol. The Morgan fingerprint density at radius 1 is 1.50 bits per heavy atom. The second-order valence-electron chi connectivity index (χ2n) is 5.45. The molecule has 2 atom stereocenters. The summed E-state index contributed by atoms with van der Waals surface area (Å²) in [5, 5.41) is 0. The maximum absolute atomic E-state index is 11.9. The summed E-state index contributed by atoms with van der Waals surface area (Å²) in [6.45, 7) is 4.71. The molecule has 0 aromatic rings. The van der Waals surface area contributed by atoms with Gasteiger partial charge in [0.1, 0.15) is 0 Å². The van der Waals surface area contributed by atoms with Crippen LogP contribution in [-0.4, -0.2) is 62.7 Å². The maximum Gasteiger partial charge on any atom is 0.152 e. The van der Waals surface area contributed by atoms with Gasteiger partial charge in [-0.1, -0.05) is 6.92 Å². The maximum atomic E-state index is 11.9. The lowest BCUT2D eigenvalue weighted by Gasteiger charge is -2.50. The first-order valence-electron chi connectivity index (χ1n) is 6.78. The lowest BCUT2D eigenvalue weighted by molar-refractivity contribution is -0.0607. The summed E-state index contributed by atoms with van der Waals surface area (Å²) in [5.41, 5.74) is 5.60. The van der Waals surface area contributed by atoms with Crippen LogP contribution < -0.4 is 5.73 Å². The number of hydrogen-bond donors (Lipinski definition) is 1. The summed E-state index contributed by atoms with van der Waals surface area (Å²) in [4.78, 5) is 2.31. The molecule has 0 amide bonds. The molecule has 2 fully saturated rings. The lowest BCUT2D eigenvalue weighted by Crippen LogP contribution is -2.65. The standard InChI is InChI=1S/C12H24N2O3S/c1-2-11-8-17-6-5-14(11)12(9-13)4-3-7-18(15,16)10-12/h11H,2-10,13H2,1H3. The second kappa shape index (κ2) is 5.45. The van der Waals surface area contributed by atoms with Crippen molar-refractivity contribution >= 4 is 9.84 Å². The van der Waals surface area contributed by atoms with Gasteiger partial charge in [0, 0.05) is 24.7 Å². The van der Waals surface area contributed by atoms with Gasteiger partial charge >= 0.3 is 0 Å². The van der Waals surface area contributed by atoms with Crippen molar-refractivity contribution < 1.29 is 13.2 Å². The van der Waals surface area contributed by atoms with Crippen molar-refractivity contribution in [1.29, 1.82) is 0 Å². The van der Waals surface area contributed by atoms with E-state index in [-0.39, 0.29) is 11.3 Å². The minimum absolute atomic E-state index is 0.215. The van der Waals surface area contributed by atoms with Crippen LogP contribution in [-0.2, 0) is 14.6 Å². The molecule has 106 valence electrons. The smallest absolute Gasteiger partial charge is 0.152 e. The fraction of sp³-hybridized carbons (Fsp3) is 1.00. The van der Waals surface area contributed by atoms with Gasteiger partial charge in [-0.2, -0.15) is 0 Å². The van der Waals surface area contributed by atoms with Gasteiger partial charge in [-0.25, -0.2) is 8.42 Å². The molecule has 0 saturated carbocycles. The van der Waals surface area contributed by atoms with Gasteiger partial charge in [0.25, 0.3) is 0 Å². The summed E-state index contributed by atoms with van der Waals surface area (Å²) < 4.78 is 29.4. The van der Waals surface area contributed by atoms with Crippen LogP contribution >= 0.6 is 0 Å². The highest BCUT2D eigenvalue weighted by molar-refractivity contribution is 7.91. The van der Waals surface area contributed by atoms with Gasteiger partial charge in [0.2, 0.25) is 0 Å². The molecule has 0 spiro atoms. The first kappa shape index (κ1) is 14.2. The van der Waals surface area contributed by atoms with Gasteiger partial charge in [-0.05, 0) is 19.3 Å². The van der Waals surface area contributed by atoms with Crippen molar-refractivity contribution in [3.63, 3.8) is 0 Å². The van der Waals surface area contributed by atoms with Crippen LogP contribution in [0.5, 0.6) is 0 Å². The Balaban J connectivity index is 2.24. The first-order chi connectivity index (χ1) is 8.53. The van der Waals surface area contributed by atoms with Crippen LogP contribution in [0.15, 0.2) is 0 Å². The van der Waals surface area contributed by atoms with Crippen molar-refractivity contribution in [3.05, 3.63) is 0 Å². The molecule has 0 bridgehead atoms. The predicted octanol–water partition coefficient (Wildman–Crippen LogP) is 0.00330. The molecule has 2 rings (SSSR count). The van der Waals surface area contributed by atoms with E-state index in [1.54, 1.807) is 0 Å². The van der Waals surface area contributed by atoms with E-state index >= 15 is 0 Å². The third-order valence-corrected chi connectivity index (χ3v) is 6.16. The SMILES string of the molecule is CCC1COCCN1C1(CN)CCCS(=O)(=O)C1. The Hall–Kier alpha value is -0.170. The zero-order valence-electron chi connectivity index (χ0n) is 11.1. The Morgan fingerprint density at radius 2 is 2.28 bits per heavy atom. The molecule has 2 unspecified atom stereocenters. The molecule has 2 aliphatic heterocycles. The van der Waals surface area contributed by atoms with Crippen LogP contribution in [0.4, 0.5) is 0 Å². The third-order valence-electron chi connectivity index (χ3n) is 4.27. The second-order valence-corrected chi connectivity index (χ2v) is 7.64. The average molecular weight is 276 g/mol. The number of nitrogens with zero attached hydrogens (tertiary/aromatic N) is 1. The number of rotatable bonds is 3. The molecule has 5 nitrogen and oxygen atoms in total. The Bertz CT molecular complexity index is 385. The highest BCUT2D eigenvalue weighted by Crippen LogP contribution is 2.32. The number of morpholine rings is 1. The number of sulfone groups is 1. The minimum Gasteiger partial charge on any atom is -0.378 e. The van der Waals surface area contributed by atoms with E-state index in [2.05, 4.69) is 11.8 Å². The van der Waals surface area contributed by atoms with Crippen LogP contribution in [0, 0.1) is 0 Å². The van der Waals surface area contributed by atoms with Gasteiger partial charge in [-0.3, -0.25) is 4.90 Å². The summed E-state index contributed by atoms with van der Waals surface area (Å²) in [5.74, 6) is 0.531. The zero-order valence-corrected chi connectivity index (χ0v) is 11.9. The van der Waals surface area contributed by atoms with Crippen molar-refractivity contribution in [2.75, 3.05) is 37.8 Å². The Kier molecular flexibility index (Phi) is 4.31. The van der Waals surface area contributed by atoms with E-state index in [1.807, 2.05) is 0 Å². The lowest BCUT2D eigenvalue weighted by atomic mass is 9.90. The molecule has 2 saturated heterocycles. The largest absolute Gasteiger partial charge is 0.378 e. The molecule has 6 heteroatoms. The molecule has 0 aromatic carbocycles. The highest BCUT2D eigenvalue weighted by Gasteiger charge is 2.45. The molecule has 18 heavy (non-hydrogen) atoms. The van der Waals surface area contributed by atoms with Gasteiger partial charge in [0.05, 0.1) is 24.7 Å². The van der Waals surface area contributed by atoms with E-state index in [1.165, 1.54) is 0 Å². The zero-order chi connectivity index (χ0) is 13.2. The summed E-state index contributed by atoms with van der Waals surface area (Å²) in [7, 11) is -2.95. The molecule has 0 aliphatic carbocycles. The molecule has 2 heterocycles. The van der Waals surface area contributed by atoms with Gasteiger partial charge in [-0.15, -0.1) is 0 Å². The fourth-order valence-electron chi connectivity index (χ4n) is 3.30. The topological polar surface area (TPSA) is 72.6 Å². The molecular weight excluding hydrogens is 252 g/mol. The monoisotopic (exact) mass is 276 g/mol. The molecular formula is C12H24N2O3S. The van der Waals surface area contributed by atoms with Crippen LogP contribution in [0.25, 0.3) is 0 Å². The van der Waals surface area contributed by atoms with E-state index in [4.69, 9.17) is 10.5 Å². The summed E-state index contributed by atoms with van der Waals surface area (Å²) in [6.07, 6.45) is 2.59. The van der Waals surface area contributed by atoms with Crippen molar-refractivity contribution in [2.45, 2.75) is 37.8 Å². The van der Waals surface area contributed by atoms with Crippen molar-refractivity contribution in [2.24, 2.45) is 5.73 Å². The van der Waals surface area contributed by atoms with E-state index in [9.17, 15) is 8.42 Å². The Labute approximate surface area is 110 Å². The fourth-order valence-corrected chi connectivity index (χ4v) is 5.27. The molecule has 2 aliphatic rings. The molecule has 2 N–H and O–H groups in total. The first-order valence-corrected chi connectivity index (χ1v) is 8.60. The minimum atomic E-state index is -2.95. The normalized spacial score (nSPS) is 37.6. The van der Waals surface area contributed by atoms with E-state index < -0.39 is 9.84 Å². The van der Waals surface area contributed by atoms with Crippen molar-refractivity contribution in [3.8, 4) is 0 Å². The number of ether oxygens (including phenoxy) is 1. The molecule has 0 radical (unpaired) electrons. The summed E-state index contributed by atoms with van der Waals surface area (Å²) >= 11 is 0. The number of nitrogens with two attached hydrogens (primary N) is 1. The summed E-state index contributed by atoms with van der Waals surface area (Å²) in [6, 6.07) is 0.301. The van der Waals surface area contributed by atoms with E-state index in [0.29, 0.717) is 31.6 Å². The van der Waals surface area contributed by atoms with Gasteiger partial charge < -0.3 is 10.5 Å². The van der Waals surface area contributed by atoms with Gasteiger partial charge in [0.15, 0.2) is 9.84 Å². The Morgan fingerprint density at radius 3 is 2.89 bits per heavy atom. The number of hydrogen-bond acceptors (Lipinski definition) is 5. The van der Waals surface area contributed by atoms with E-state index in [0.717, 1.165) is 25.8 Å². The van der Waals surface area contributed by atoms with Crippen molar-refractivity contribution in [1.82, 2.24) is 4.90 Å². The van der Waals surface area contributed by atoms with Crippen LogP contribution in [0.3, 0.4) is 0 Å². The highest BCUT2D eigenvalue weighted by atomic mass is 32.2. The van der Waals surface area contributed by atoms with Crippen LogP contribution in [0.2, 0.25) is 0 Å². The average Bonchev–Trinajstić information content (AvgIpc) is 2.37.